The molecule has 6 nitrogen and oxygen atoms in total. The summed E-state index contributed by atoms with van der Waals surface area (Å²) >= 11 is 5.88. The first-order chi connectivity index (χ1) is 13.6. The summed E-state index contributed by atoms with van der Waals surface area (Å²) in [6.45, 7) is 1.08. The van der Waals surface area contributed by atoms with Gasteiger partial charge in [-0.2, -0.15) is 17.5 Å². The van der Waals surface area contributed by atoms with E-state index in [-0.39, 0.29) is 43.2 Å². The second kappa shape index (κ2) is 8.79. The zero-order chi connectivity index (χ0) is 21.2. The molecule has 0 radical (unpaired) electrons. The maximum absolute atomic E-state index is 13.0. The van der Waals surface area contributed by atoms with Gasteiger partial charge in [-0.05, 0) is 37.5 Å². The van der Waals surface area contributed by atoms with E-state index in [0.717, 1.165) is 29.3 Å². The van der Waals surface area contributed by atoms with E-state index in [4.69, 9.17) is 16.3 Å². The van der Waals surface area contributed by atoms with Gasteiger partial charge in [-0.1, -0.05) is 11.6 Å². The molecule has 29 heavy (non-hydrogen) atoms. The Morgan fingerprint density at radius 3 is 2.48 bits per heavy atom. The molecule has 0 aromatic heterocycles. The number of hydrogen-bond donors (Lipinski definition) is 0. The highest BCUT2D eigenvalue weighted by Crippen LogP contribution is 2.34. The maximum atomic E-state index is 13.0. The van der Waals surface area contributed by atoms with Crippen LogP contribution < -0.4 is 0 Å². The number of rotatable bonds is 5. The Labute approximate surface area is 172 Å². The Bertz CT molecular complexity index is 849. The van der Waals surface area contributed by atoms with Gasteiger partial charge in [-0.25, -0.2) is 8.42 Å². The summed E-state index contributed by atoms with van der Waals surface area (Å²) in [5.74, 6) is -0.0744. The maximum Gasteiger partial charge on any atom is 0.416 e. The van der Waals surface area contributed by atoms with E-state index in [2.05, 4.69) is 0 Å². The molecule has 0 bridgehead atoms. The largest absolute Gasteiger partial charge is 0.416 e. The SMILES string of the molecule is O=C(CCC1CCCO1)N1CCN(S(=O)(=O)c2cc(C(F)(F)F)ccc2Cl)CC1. The lowest BCUT2D eigenvalue weighted by atomic mass is 10.1. The molecule has 0 saturated carbocycles. The number of sulfonamides is 1. The zero-order valence-electron chi connectivity index (χ0n) is 15.6. The molecule has 1 unspecified atom stereocenters. The van der Waals surface area contributed by atoms with E-state index in [1.165, 1.54) is 0 Å². The molecule has 1 aromatic rings. The highest BCUT2D eigenvalue weighted by atomic mass is 35.5. The van der Waals surface area contributed by atoms with E-state index in [0.29, 0.717) is 25.5 Å². The van der Waals surface area contributed by atoms with Crippen molar-refractivity contribution in [1.29, 1.82) is 0 Å². The van der Waals surface area contributed by atoms with Crippen molar-refractivity contribution in [1.82, 2.24) is 9.21 Å². The van der Waals surface area contributed by atoms with Gasteiger partial charge in [0.1, 0.15) is 4.90 Å². The minimum atomic E-state index is -4.68. The lowest BCUT2D eigenvalue weighted by molar-refractivity contribution is -0.137. The molecule has 2 aliphatic heterocycles. The fraction of sp³-hybridized carbons (Fsp3) is 0.611. The fourth-order valence-electron chi connectivity index (χ4n) is 3.51. The topological polar surface area (TPSA) is 66.9 Å². The molecule has 11 heteroatoms. The van der Waals surface area contributed by atoms with Gasteiger partial charge < -0.3 is 9.64 Å². The van der Waals surface area contributed by atoms with Crippen LogP contribution in [0, 0.1) is 0 Å². The molecule has 2 saturated heterocycles. The monoisotopic (exact) mass is 454 g/mol. The summed E-state index contributed by atoms with van der Waals surface area (Å²) in [4.78, 5) is 13.3. The van der Waals surface area contributed by atoms with Crippen LogP contribution in [0.15, 0.2) is 23.1 Å². The average molecular weight is 455 g/mol. The Morgan fingerprint density at radius 1 is 1.21 bits per heavy atom. The van der Waals surface area contributed by atoms with Crippen molar-refractivity contribution < 1.29 is 31.1 Å². The Morgan fingerprint density at radius 2 is 1.90 bits per heavy atom. The molecular formula is C18H22ClF3N2O4S. The molecule has 0 N–H and O–H groups in total. The number of alkyl halides is 3. The third-order valence-electron chi connectivity index (χ3n) is 5.17. The lowest BCUT2D eigenvalue weighted by Crippen LogP contribution is -2.50. The molecule has 0 spiro atoms. The number of benzene rings is 1. The number of ether oxygens (including phenoxy) is 1. The minimum Gasteiger partial charge on any atom is -0.378 e. The van der Waals surface area contributed by atoms with Crippen LogP contribution >= 0.6 is 11.6 Å². The molecule has 0 aliphatic carbocycles. The standard InChI is InChI=1S/C18H22ClF3N2O4S/c19-15-5-3-13(18(20,21)22)12-16(15)29(26,27)24-9-7-23(8-10-24)17(25)6-4-14-2-1-11-28-14/h3,5,12,14H,1-2,4,6-11H2. The molecule has 1 atom stereocenters. The molecule has 2 aliphatic rings. The quantitative estimate of drug-likeness (QED) is 0.685. The van der Waals surface area contributed by atoms with Crippen LogP contribution in [-0.2, 0) is 25.7 Å². The van der Waals surface area contributed by atoms with Crippen molar-refractivity contribution in [2.75, 3.05) is 32.8 Å². The first-order valence-corrected chi connectivity index (χ1v) is 11.2. The van der Waals surface area contributed by atoms with Crippen molar-refractivity contribution in [3.05, 3.63) is 28.8 Å². The van der Waals surface area contributed by atoms with Crippen molar-refractivity contribution in [3.8, 4) is 0 Å². The molecule has 162 valence electrons. The summed E-state index contributed by atoms with van der Waals surface area (Å²) < 4.78 is 71.0. The Hall–Kier alpha value is -1.36. The van der Waals surface area contributed by atoms with E-state index >= 15 is 0 Å². The van der Waals surface area contributed by atoms with Crippen LogP contribution in [-0.4, -0.2) is 62.4 Å². The lowest BCUT2D eigenvalue weighted by Gasteiger charge is -2.34. The highest BCUT2D eigenvalue weighted by molar-refractivity contribution is 7.89. The normalized spacial score (nSPS) is 21.5. The van der Waals surface area contributed by atoms with E-state index in [1.54, 1.807) is 4.90 Å². The molecule has 1 aromatic carbocycles. The molecular weight excluding hydrogens is 433 g/mol. The van der Waals surface area contributed by atoms with Gasteiger partial charge in [0.05, 0.1) is 16.7 Å². The summed E-state index contributed by atoms with van der Waals surface area (Å²) in [6, 6.07) is 2.23. The molecule has 2 fully saturated rings. The number of carbonyl (C=O) groups is 1. The molecule has 2 heterocycles. The zero-order valence-corrected chi connectivity index (χ0v) is 17.2. The van der Waals surface area contributed by atoms with Crippen molar-refractivity contribution in [3.63, 3.8) is 0 Å². The van der Waals surface area contributed by atoms with E-state index in [9.17, 15) is 26.4 Å². The van der Waals surface area contributed by atoms with Gasteiger partial charge in [0.2, 0.25) is 15.9 Å². The average Bonchev–Trinajstić information content (AvgIpc) is 3.19. The van der Waals surface area contributed by atoms with Gasteiger partial charge in [-0.3, -0.25) is 4.79 Å². The molecule has 3 rings (SSSR count). The number of piperazine rings is 1. The number of amides is 1. The molecule has 1 amide bonds. The predicted octanol–water partition coefficient (Wildman–Crippen LogP) is 3.15. The Kier molecular flexibility index (Phi) is 6.77. The van der Waals surface area contributed by atoms with Crippen molar-refractivity contribution in [2.24, 2.45) is 0 Å². The van der Waals surface area contributed by atoms with E-state index < -0.39 is 26.7 Å². The summed E-state index contributed by atoms with van der Waals surface area (Å²) in [5.41, 5.74) is -1.08. The smallest absolute Gasteiger partial charge is 0.378 e. The summed E-state index contributed by atoms with van der Waals surface area (Å²) in [6.07, 6.45) is -1.68. The Balaban J connectivity index is 1.63. The van der Waals surface area contributed by atoms with Crippen molar-refractivity contribution in [2.45, 2.75) is 42.9 Å². The van der Waals surface area contributed by atoms with Gasteiger partial charge >= 0.3 is 6.18 Å². The van der Waals surface area contributed by atoms with Crippen molar-refractivity contribution >= 4 is 27.5 Å². The van der Waals surface area contributed by atoms with Gasteiger partial charge in [0.15, 0.2) is 0 Å². The third kappa shape index (κ3) is 5.22. The predicted molar refractivity (Wildman–Crippen MR) is 100 cm³/mol. The first-order valence-electron chi connectivity index (χ1n) is 9.35. The number of hydrogen-bond acceptors (Lipinski definition) is 4. The fourth-order valence-corrected chi connectivity index (χ4v) is 5.43. The van der Waals surface area contributed by atoms with Crippen LogP contribution in [0.4, 0.5) is 13.2 Å². The second-order valence-electron chi connectivity index (χ2n) is 7.10. The summed E-state index contributed by atoms with van der Waals surface area (Å²) in [7, 11) is -4.21. The van der Waals surface area contributed by atoms with Gasteiger partial charge in [0.25, 0.3) is 0 Å². The minimum absolute atomic E-state index is 0.000572. The van der Waals surface area contributed by atoms with Gasteiger partial charge in [-0.15, -0.1) is 0 Å². The number of halogens is 4. The van der Waals surface area contributed by atoms with Crippen LogP contribution in [0.1, 0.15) is 31.2 Å². The number of carbonyl (C=O) groups excluding carboxylic acids is 1. The first kappa shape index (κ1) is 22.3. The third-order valence-corrected chi connectivity index (χ3v) is 7.55. The van der Waals surface area contributed by atoms with Crippen LogP contribution in [0.25, 0.3) is 0 Å². The van der Waals surface area contributed by atoms with Crippen LogP contribution in [0.3, 0.4) is 0 Å². The van der Waals surface area contributed by atoms with Crippen LogP contribution in [0.2, 0.25) is 5.02 Å². The van der Waals surface area contributed by atoms with Crippen LogP contribution in [0.5, 0.6) is 0 Å². The highest BCUT2D eigenvalue weighted by Gasteiger charge is 2.36. The number of nitrogens with zero attached hydrogens (tertiary/aromatic N) is 2. The van der Waals surface area contributed by atoms with E-state index in [1.807, 2.05) is 0 Å². The summed E-state index contributed by atoms with van der Waals surface area (Å²) in [5, 5.41) is -0.270. The van der Waals surface area contributed by atoms with Gasteiger partial charge in [0, 0.05) is 39.2 Å². The second-order valence-corrected chi connectivity index (χ2v) is 9.42.